The minimum atomic E-state index is -0.408. The number of thioether (sulfide) groups is 1. The van der Waals surface area contributed by atoms with Crippen molar-refractivity contribution in [2.75, 3.05) is 6.26 Å². The van der Waals surface area contributed by atoms with Crippen molar-refractivity contribution in [2.45, 2.75) is 11.4 Å². The van der Waals surface area contributed by atoms with Gasteiger partial charge in [0.05, 0.1) is 5.69 Å². The smallest absolute Gasteiger partial charge is 0.267 e. The van der Waals surface area contributed by atoms with Crippen LogP contribution in [0.4, 0.5) is 4.39 Å². The minimum Gasteiger partial charge on any atom is -0.337 e. The van der Waals surface area contributed by atoms with Crippen molar-refractivity contribution < 1.29 is 8.91 Å². The molecule has 8 heteroatoms. The lowest BCUT2D eigenvalue weighted by Gasteiger charge is -2.05. The van der Waals surface area contributed by atoms with E-state index in [1.807, 2.05) is 30.5 Å². The molecule has 0 bridgehead atoms. The zero-order chi connectivity index (χ0) is 19.5. The van der Waals surface area contributed by atoms with Crippen molar-refractivity contribution >= 4 is 11.8 Å². The van der Waals surface area contributed by atoms with Crippen LogP contribution in [-0.2, 0) is 6.54 Å². The van der Waals surface area contributed by atoms with E-state index in [0.29, 0.717) is 17.1 Å². The Kier molecular flexibility index (Phi) is 5.03. The molecule has 2 aromatic carbocycles. The van der Waals surface area contributed by atoms with Crippen LogP contribution in [0.1, 0.15) is 5.89 Å². The van der Waals surface area contributed by atoms with Gasteiger partial charge in [0.1, 0.15) is 12.4 Å². The van der Waals surface area contributed by atoms with Gasteiger partial charge >= 0.3 is 0 Å². The van der Waals surface area contributed by atoms with Gasteiger partial charge in [-0.15, -0.1) is 11.8 Å². The molecule has 140 valence electrons. The molecule has 0 amide bonds. The average Bonchev–Trinajstić information content (AvgIpc) is 3.19. The largest absolute Gasteiger partial charge is 0.337 e. The van der Waals surface area contributed by atoms with Crippen molar-refractivity contribution in [1.82, 2.24) is 19.9 Å². The summed E-state index contributed by atoms with van der Waals surface area (Å²) in [6.07, 6.45) is 2.00. The molecule has 0 saturated heterocycles. The Balaban J connectivity index is 1.61. The summed E-state index contributed by atoms with van der Waals surface area (Å²) in [4.78, 5) is 17.6. The zero-order valence-electron chi connectivity index (χ0n) is 14.9. The Bertz CT molecular complexity index is 1170. The topological polar surface area (TPSA) is 73.8 Å². The van der Waals surface area contributed by atoms with Crippen LogP contribution in [-0.4, -0.2) is 26.2 Å². The van der Waals surface area contributed by atoms with Crippen LogP contribution < -0.4 is 5.56 Å². The second-order valence-electron chi connectivity index (χ2n) is 5.93. The first-order valence-corrected chi connectivity index (χ1v) is 9.66. The van der Waals surface area contributed by atoms with Crippen LogP contribution in [0.15, 0.2) is 74.9 Å². The molecule has 0 spiro atoms. The molecule has 0 atom stereocenters. The maximum atomic E-state index is 14.0. The fourth-order valence-electron chi connectivity index (χ4n) is 2.68. The molecule has 6 nitrogen and oxygen atoms in total. The molecule has 2 aromatic heterocycles. The van der Waals surface area contributed by atoms with Crippen LogP contribution in [0, 0.1) is 5.82 Å². The van der Waals surface area contributed by atoms with Crippen molar-refractivity contribution in [1.29, 1.82) is 0 Å². The average molecular weight is 394 g/mol. The van der Waals surface area contributed by atoms with Gasteiger partial charge in [0.25, 0.3) is 5.56 Å². The van der Waals surface area contributed by atoms with Gasteiger partial charge < -0.3 is 4.52 Å². The monoisotopic (exact) mass is 394 g/mol. The van der Waals surface area contributed by atoms with E-state index in [9.17, 15) is 9.18 Å². The standard InChI is InChI=1S/C20H15FN4O2S/c1-28-14-8-6-13(7-9-14)20-22-18(27-24-20)12-25-19(26)11-10-17(23-25)15-4-2-3-5-16(15)21/h2-11H,12H2,1H3. The Hall–Kier alpha value is -3.26. The summed E-state index contributed by atoms with van der Waals surface area (Å²) in [5.74, 6) is 0.263. The molecular weight excluding hydrogens is 379 g/mol. The molecular formula is C20H15FN4O2S. The van der Waals surface area contributed by atoms with Gasteiger partial charge in [-0.05, 0) is 48.7 Å². The summed E-state index contributed by atoms with van der Waals surface area (Å²) in [6.45, 7) is -0.00295. The first-order valence-electron chi connectivity index (χ1n) is 8.44. The van der Waals surface area contributed by atoms with E-state index >= 15 is 0 Å². The number of hydrogen-bond donors (Lipinski definition) is 0. The van der Waals surface area contributed by atoms with E-state index < -0.39 is 5.82 Å². The highest BCUT2D eigenvalue weighted by Crippen LogP contribution is 2.21. The zero-order valence-corrected chi connectivity index (χ0v) is 15.7. The number of hydrogen-bond acceptors (Lipinski definition) is 6. The van der Waals surface area contributed by atoms with Gasteiger partial charge in [-0.25, -0.2) is 9.07 Å². The third kappa shape index (κ3) is 3.72. The van der Waals surface area contributed by atoms with E-state index in [2.05, 4.69) is 15.2 Å². The molecule has 0 aliphatic heterocycles. The van der Waals surface area contributed by atoms with Crippen LogP contribution >= 0.6 is 11.8 Å². The van der Waals surface area contributed by atoms with E-state index in [1.54, 1.807) is 30.0 Å². The quantitative estimate of drug-likeness (QED) is 0.479. The summed E-state index contributed by atoms with van der Waals surface area (Å²) < 4.78 is 20.5. The van der Waals surface area contributed by atoms with Crippen LogP contribution in [0.2, 0.25) is 0 Å². The molecule has 4 aromatic rings. The van der Waals surface area contributed by atoms with Crippen LogP contribution in [0.5, 0.6) is 0 Å². The van der Waals surface area contributed by atoms with Crippen LogP contribution in [0.3, 0.4) is 0 Å². The highest BCUT2D eigenvalue weighted by molar-refractivity contribution is 7.98. The number of nitrogens with zero attached hydrogens (tertiary/aromatic N) is 4. The van der Waals surface area contributed by atoms with Gasteiger partial charge in [0.15, 0.2) is 0 Å². The van der Waals surface area contributed by atoms with Crippen molar-refractivity contribution in [3.63, 3.8) is 0 Å². The first-order chi connectivity index (χ1) is 13.6. The second kappa shape index (κ2) is 7.77. The third-order valence-corrected chi connectivity index (χ3v) is 4.86. The fraction of sp³-hybridized carbons (Fsp3) is 0.100. The third-order valence-electron chi connectivity index (χ3n) is 4.12. The molecule has 2 heterocycles. The second-order valence-corrected chi connectivity index (χ2v) is 6.81. The van der Waals surface area contributed by atoms with E-state index in [4.69, 9.17) is 4.52 Å². The predicted molar refractivity (Wildman–Crippen MR) is 105 cm³/mol. The molecule has 28 heavy (non-hydrogen) atoms. The molecule has 0 fully saturated rings. The summed E-state index contributed by atoms with van der Waals surface area (Å²) in [7, 11) is 0. The Morgan fingerprint density at radius 2 is 1.86 bits per heavy atom. The van der Waals surface area contributed by atoms with Gasteiger partial charge in [-0.1, -0.05) is 17.3 Å². The number of benzene rings is 2. The van der Waals surface area contributed by atoms with Crippen molar-refractivity contribution in [3.05, 3.63) is 82.7 Å². The molecule has 4 rings (SSSR count). The molecule has 0 saturated carbocycles. The van der Waals surface area contributed by atoms with Gasteiger partial charge in [-0.3, -0.25) is 4.79 Å². The highest BCUT2D eigenvalue weighted by Gasteiger charge is 2.12. The van der Waals surface area contributed by atoms with Crippen LogP contribution in [0.25, 0.3) is 22.6 Å². The fourth-order valence-corrected chi connectivity index (χ4v) is 3.09. The Morgan fingerprint density at radius 3 is 2.61 bits per heavy atom. The summed E-state index contributed by atoms with van der Waals surface area (Å²) >= 11 is 1.64. The van der Waals surface area contributed by atoms with Gasteiger partial charge in [0.2, 0.25) is 11.7 Å². The Labute approximate surface area is 164 Å². The SMILES string of the molecule is CSc1ccc(-c2noc(Cn3nc(-c4ccccc4F)ccc3=O)n2)cc1. The Morgan fingerprint density at radius 1 is 1.07 bits per heavy atom. The van der Waals surface area contributed by atoms with E-state index in [0.717, 1.165) is 10.5 Å². The predicted octanol–water partition coefficient (Wildman–Crippen LogP) is 3.87. The lowest BCUT2D eigenvalue weighted by atomic mass is 10.1. The number of halogens is 1. The van der Waals surface area contributed by atoms with E-state index in [1.165, 1.54) is 22.9 Å². The van der Waals surface area contributed by atoms with Crippen molar-refractivity contribution in [3.8, 4) is 22.6 Å². The highest BCUT2D eigenvalue weighted by atomic mass is 32.2. The van der Waals surface area contributed by atoms with Gasteiger partial charge in [0, 0.05) is 22.1 Å². The maximum absolute atomic E-state index is 14.0. The number of rotatable bonds is 5. The maximum Gasteiger partial charge on any atom is 0.267 e. The summed E-state index contributed by atoms with van der Waals surface area (Å²) in [6, 6.07) is 16.8. The van der Waals surface area contributed by atoms with Gasteiger partial charge in [-0.2, -0.15) is 10.1 Å². The van der Waals surface area contributed by atoms with E-state index in [-0.39, 0.29) is 18.0 Å². The summed E-state index contributed by atoms with van der Waals surface area (Å²) in [5, 5.41) is 8.20. The lowest BCUT2D eigenvalue weighted by molar-refractivity contribution is 0.363. The molecule has 0 radical (unpaired) electrons. The normalized spacial score (nSPS) is 10.9. The lowest BCUT2D eigenvalue weighted by Crippen LogP contribution is -2.23. The van der Waals surface area contributed by atoms with Crippen molar-refractivity contribution in [2.24, 2.45) is 0 Å². The minimum absolute atomic E-state index is 0.00295. The molecule has 0 aliphatic carbocycles. The molecule has 0 N–H and O–H groups in total. The molecule has 0 aliphatic rings. The molecule has 0 unspecified atom stereocenters. The summed E-state index contributed by atoms with van der Waals surface area (Å²) in [5.41, 5.74) is 1.14. The first kappa shape index (κ1) is 18.1. The number of aromatic nitrogens is 4.